The Morgan fingerprint density at radius 2 is 1.27 bits per heavy atom. The fourth-order valence-corrected chi connectivity index (χ4v) is 2.65. The molecule has 118 valence electrons. The minimum atomic E-state index is -4.82. The number of halogens is 6. The molecule has 0 radical (unpaired) electrons. The molecule has 3 nitrogen and oxygen atoms in total. The lowest BCUT2D eigenvalue weighted by Gasteiger charge is -2.10. The quantitative estimate of drug-likeness (QED) is 0.688. The van der Waals surface area contributed by atoms with Gasteiger partial charge in [0.05, 0.1) is 5.69 Å². The molecule has 0 unspecified atom stereocenters. The van der Waals surface area contributed by atoms with E-state index in [9.17, 15) is 34.8 Å². The third kappa shape index (κ3) is 2.86. The van der Waals surface area contributed by atoms with E-state index in [2.05, 4.69) is 0 Å². The predicted molar refractivity (Wildman–Crippen MR) is 63.4 cm³/mol. The number of anilines is 1. The fourth-order valence-electron chi connectivity index (χ4n) is 1.54. The molecular formula is C12H5F6NO2S. The zero-order valence-electron chi connectivity index (χ0n) is 10.3. The van der Waals surface area contributed by atoms with E-state index in [0.717, 1.165) is 0 Å². The maximum atomic E-state index is 13.4. The summed E-state index contributed by atoms with van der Waals surface area (Å²) in [5.74, 6) is -10.9. The Balaban J connectivity index is 2.47. The first kappa shape index (κ1) is 16.1. The summed E-state index contributed by atoms with van der Waals surface area (Å²) >= 11 is 0. The van der Waals surface area contributed by atoms with Crippen LogP contribution in [0.2, 0.25) is 0 Å². The number of rotatable bonds is 3. The summed E-state index contributed by atoms with van der Waals surface area (Å²) in [5, 5.41) is 0. The first-order valence-electron chi connectivity index (χ1n) is 5.44. The van der Waals surface area contributed by atoms with Crippen molar-refractivity contribution in [3.05, 3.63) is 59.2 Å². The highest BCUT2D eigenvalue weighted by molar-refractivity contribution is 7.92. The molecule has 0 aliphatic rings. The predicted octanol–water partition coefficient (Wildman–Crippen LogP) is 3.32. The van der Waals surface area contributed by atoms with Gasteiger partial charge in [0.2, 0.25) is 0 Å². The van der Waals surface area contributed by atoms with E-state index in [1.807, 2.05) is 0 Å². The van der Waals surface area contributed by atoms with Crippen molar-refractivity contribution in [3.63, 3.8) is 0 Å². The summed E-state index contributed by atoms with van der Waals surface area (Å²) in [6.07, 6.45) is 0. The molecule has 0 spiro atoms. The molecule has 0 aliphatic carbocycles. The van der Waals surface area contributed by atoms with Crippen LogP contribution in [0.4, 0.5) is 32.0 Å². The van der Waals surface area contributed by atoms with Crippen molar-refractivity contribution in [3.8, 4) is 0 Å². The van der Waals surface area contributed by atoms with E-state index in [0.29, 0.717) is 24.3 Å². The van der Waals surface area contributed by atoms with E-state index in [-0.39, 0.29) is 0 Å². The van der Waals surface area contributed by atoms with Crippen molar-refractivity contribution in [2.45, 2.75) is 4.90 Å². The van der Waals surface area contributed by atoms with Crippen molar-refractivity contribution in [2.24, 2.45) is 0 Å². The molecule has 0 atom stereocenters. The molecule has 2 rings (SSSR count). The van der Waals surface area contributed by atoms with E-state index < -0.39 is 55.5 Å². The van der Waals surface area contributed by atoms with Crippen molar-refractivity contribution in [1.29, 1.82) is 0 Å². The molecule has 22 heavy (non-hydrogen) atoms. The number of nitrogens with one attached hydrogen (secondary N) is 1. The van der Waals surface area contributed by atoms with Crippen molar-refractivity contribution >= 4 is 15.7 Å². The molecule has 10 heteroatoms. The van der Waals surface area contributed by atoms with Gasteiger partial charge in [-0.05, 0) is 12.1 Å². The van der Waals surface area contributed by atoms with Crippen LogP contribution in [-0.4, -0.2) is 8.42 Å². The van der Waals surface area contributed by atoms with Crippen LogP contribution in [0.25, 0.3) is 0 Å². The van der Waals surface area contributed by atoms with Crippen LogP contribution < -0.4 is 4.72 Å². The van der Waals surface area contributed by atoms with Gasteiger partial charge in [0.15, 0.2) is 34.9 Å². The van der Waals surface area contributed by atoms with Gasteiger partial charge in [0.25, 0.3) is 10.0 Å². The monoisotopic (exact) mass is 341 g/mol. The van der Waals surface area contributed by atoms with E-state index in [1.165, 1.54) is 4.72 Å². The van der Waals surface area contributed by atoms with Gasteiger partial charge in [-0.2, -0.15) is 0 Å². The van der Waals surface area contributed by atoms with Crippen LogP contribution in [0.3, 0.4) is 0 Å². The molecule has 0 amide bonds. The highest BCUT2D eigenvalue weighted by Crippen LogP contribution is 2.24. The summed E-state index contributed by atoms with van der Waals surface area (Å²) < 4.78 is 103. The van der Waals surface area contributed by atoms with Crippen LogP contribution >= 0.6 is 0 Å². The van der Waals surface area contributed by atoms with E-state index in [4.69, 9.17) is 0 Å². The molecule has 1 N–H and O–H groups in total. The maximum Gasteiger partial charge on any atom is 0.264 e. The number of sulfonamides is 1. The highest BCUT2D eigenvalue weighted by Gasteiger charge is 2.25. The average molecular weight is 341 g/mol. The standard InChI is InChI=1S/C12H5F6NO2S/c13-6-1-2-9(12(18)11(6)17)22(20,21)19-5-3-7(14)10(16)8(15)4-5/h1-4,19H. The molecular weight excluding hydrogens is 336 g/mol. The summed E-state index contributed by atoms with van der Waals surface area (Å²) in [7, 11) is -4.82. The van der Waals surface area contributed by atoms with Gasteiger partial charge in [-0.15, -0.1) is 0 Å². The van der Waals surface area contributed by atoms with Crippen molar-refractivity contribution in [2.75, 3.05) is 4.72 Å². The lowest BCUT2D eigenvalue weighted by Crippen LogP contribution is -2.16. The van der Waals surface area contributed by atoms with Crippen LogP contribution in [0.5, 0.6) is 0 Å². The third-order valence-corrected chi connectivity index (χ3v) is 3.92. The second-order valence-electron chi connectivity index (χ2n) is 4.03. The second kappa shape index (κ2) is 5.52. The number of hydrogen-bond donors (Lipinski definition) is 1. The van der Waals surface area contributed by atoms with Gasteiger partial charge in [-0.1, -0.05) is 0 Å². The summed E-state index contributed by atoms with van der Waals surface area (Å²) in [6, 6.07) is 1.38. The third-order valence-electron chi connectivity index (χ3n) is 2.53. The van der Waals surface area contributed by atoms with Crippen molar-refractivity contribution < 1.29 is 34.8 Å². The van der Waals surface area contributed by atoms with Crippen LogP contribution in [0.1, 0.15) is 0 Å². The SMILES string of the molecule is O=S(=O)(Nc1cc(F)c(F)c(F)c1)c1ccc(F)c(F)c1F. The summed E-state index contributed by atoms with van der Waals surface area (Å²) in [5.41, 5.74) is -0.763. The minimum Gasteiger partial charge on any atom is -0.279 e. The lowest BCUT2D eigenvalue weighted by atomic mass is 10.3. The van der Waals surface area contributed by atoms with E-state index in [1.54, 1.807) is 0 Å². The fraction of sp³-hybridized carbons (Fsp3) is 0. The molecule has 0 fully saturated rings. The summed E-state index contributed by atoms with van der Waals surface area (Å²) in [6.45, 7) is 0. The Morgan fingerprint density at radius 1 is 0.727 bits per heavy atom. The normalized spacial score (nSPS) is 11.5. The molecule has 0 saturated heterocycles. The van der Waals surface area contributed by atoms with Crippen molar-refractivity contribution in [1.82, 2.24) is 0 Å². The zero-order valence-corrected chi connectivity index (χ0v) is 11.1. The van der Waals surface area contributed by atoms with Gasteiger partial charge in [0, 0.05) is 12.1 Å². The van der Waals surface area contributed by atoms with Gasteiger partial charge in [0.1, 0.15) is 4.90 Å². The summed E-state index contributed by atoms with van der Waals surface area (Å²) in [4.78, 5) is -1.28. The Labute approximate surface area is 120 Å². The Hall–Kier alpha value is -2.23. The van der Waals surface area contributed by atoms with Gasteiger partial charge in [-0.3, -0.25) is 4.72 Å². The van der Waals surface area contributed by atoms with Gasteiger partial charge >= 0.3 is 0 Å². The number of benzene rings is 2. The Morgan fingerprint density at radius 3 is 1.82 bits per heavy atom. The molecule has 0 saturated carbocycles. The maximum absolute atomic E-state index is 13.4. The van der Waals surface area contributed by atoms with Gasteiger partial charge < -0.3 is 0 Å². The van der Waals surface area contributed by atoms with E-state index >= 15 is 0 Å². The first-order chi connectivity index (χ1) is 10.1. The molecule has 2 aromatic carbocycles. The van der Waals surface area contributed by atoms with Crippen LogP contribution in [-0.2, 0) is 10.0 Å². The highest BCUT2D eigenvalue weighted by atomic mass is 32.2. The second-order valence-corrected chi connectivity index (χ2v) is 5.68. The smallest absolute Gasteiger partial charge is 0.264 e. The first-order valence-corrected chi connectivity index (χ1v) is 6.92. The topological polar surface area (TPSA) is 46.2 Å². The molecule has 0 aliphatic heterocycles. The molecule has 2 aromatic rings. The lowest BCUT2D eigenvalue weighted by molar-refractivity contribution is 0.432. The average Bonchev–Trinajstić information content (AvgIpc) is 2.41. The van der Waals surface area contributed by atoms with Crippen LogP contribution in [0, 0.1) is 34.9 Å². The molecule has 0 heterocycles. The Bertz CT molecular complexity index is 830. The largest absolute Gasteiger partial charge is 0.279 e. The molecule has 0 aromatic heterocycles. The Kier molecular flexibility index (Phi) is 4.05. The minimum absolute atomic E-state index is 0.299. The van der Waals surface area contributed by atoms with Gasteiger partial charge in [-0.25, -0.2) is 34.8 Å². The molecule has 0 bridgehead atoms. The number of hydrogen-bond acceptors (Lipinski definition) is 2. The zero-order chi connectivity index (χ0) is 16.7. The van der Waals surface area contributed by atoms with Crippen LogP contribution in [0.15, 0.2) is 29.2 Å².